The minimum absolute atomic E-state index is 0.472. The number of aromatic nitrogens is 1. The molecule has 2 nitrogen and oxygen atoms in total. The molecule has 80 valence electrons. The number of nitrogens with zero attached hydrogens (tertiary/aromatic N) is 1. The molecule has 0 N–H and O–H groups in total. The van der Waals surface area contributed by atoms with Crippen LogP contribution in [0.1, 0.15) is 18.1 Å². The topological polar surface area (TPSA) is 26.0 Å². The highest BCUT2D eigenvalue weighted by Crippen LogP contribution is 2.30. The first kappa shape index (κ1) is 10.1. The quantitative estimate of drug-likeness (QED) is 0.682. The van der Waals surface area contributed by atoms with Gasteiger partial charge in [0.2, 0.25) is 0 Å². The normalized spacial score (nSPS) is 18.8. The lowest BCUT2D eigenvalue weighted by molar-refractivity contribution is 0.451. The number of rotatable bonds is 0. The highest BCUT2D eigenvalue weighted by molar-refractivity contribution is 14.1. The zero-order valence-electron chi connectivity index (χ0n) is 8.77. The second-order valence-corrected chi connectivity index (χ2v) is 5.01. The Kier molecular flexibility index (Phi) is 2.35. The van der Waals surface area contributed by atoms with Crippen LogP contribution in [-0.2, 0) is 0 Å². The number of fused-ring (bicyclic) bond motifs is 3. The largest absolute Gasteiger partial charge is 0.355 e. The molecule has 0 radical (unpaired) electrons. The molecule has 0 saturated heterocycles. The van der Waals surface area contributed by atoms with Crippen molar-refractivity contribution in [3.63, 3.8) is 0 Å². The van der Waals surface area contributed by atoms with Crippen LogP contribution in [0, 0.1) is 9.62 Å². The summed E-state index contributed by atoms with van der Waals surface area (Å²) in [5, 5.41) is 5.13. The summed E-state index contributed by atoms with van der Waals surface area (Å²) >= 11 is 2.21. The second kappa shape index (κ2) is 3.73. The van der Waals surface area contributed by atoms with Crippen molar-refractivity contribution >= 4 is 45.7 Å². The van der Waals surface area contributed by atoms with Gasteiger partial charge in [0.25, 0.3) is 0 Å². The summed E-state index contributed by atoms with van der Waals surface area (Å²) in [5.41, 5.74) is 3.30. The lowest BCUT2D eigenvalue weighted by Gasteiger charge is -2.00. The predicted molar refractivity (Wildman–Crippen MR) is 74.0 cm³/mol. The van der Waals surface area contributed by atoms with Crippen LogP contribution in [0.25, 0.3) is 23.1 Å². The van der Waals surface area contributed by atoms with Crippen molar-refractivity contribution in [1.29, 1.82) is 0 Å². The highest BCUT2D eigenvalue weighted by atomic mass is 127. The molecule has 0 amide bonds. The van der Waals surface area contributed by atoms with E-state index < -0.39 is 0 Å². The van der Waals surface area contributed by atoms with E-state index in [9.17, 15) is 0 Å². The summed E-state index contributed by atoms with van der Waals surface area (Å²) < 4.78 is 6.19. The second-order valence-electron chi connectivity index (χ2n) is 3.99. The van der Waals surface area contributed by atoms with Gasteiger partial charge in [-0.3, -0.25) is 0 Å². The average molecular weight is 323 g/mol. The molecule has 3 rings (SSSR count). The van der Waals surface area contributed by atoms with Gasteiger partial charge in [-0.2, -0.15) is 0 Å². The fourth-order valence-electron chi connectivity index (χ4n) is 1.93. The summed E-state index contributed by atoms with van der Waals surface area (Å²) in [5.74, 6) is 0.472. The molecule has 0 spiro atoms. The summed E-state index contributed by atoms with van der Waals surface area (Å²) in [6.45, 7) is 2.18. The Balaban J connectivity index is 2.39. The van der Waals surface area contributed by atoms with E-state index in [1.165, 1.54) is 11.1 Å². The Labute approximate surface area is 107 Å². The maximum Gasteiger partial charge on any atom is 0.168 e. The van der Waals surface area contributed by atoms with Crippen molar-refractivity contribution in [1.82, 2.24) is 5.16 Å². The van der Waals surface area contributed by atoms with Gasteiger partial charge in [0.1, 0.15) is 0 Å². The highest BCUT2D eigenvalue weighted by Gasteiger charge is 2.13. The number of benzene rings is 1. The first-order valence-corrected chi connectivity index (χ1v) is 6.28. The predicted octanol–water partition coefficient (Wildman–Crippen LogP) is 4.11. The van der Waals surface area contributed by atoms with Gasteiger partial charge in [0, 0.05) is 0 Å². The standard InChI is InChI=1S/C13H10INO/c1-8-2-4-9-5-7-11-12(10(9)6-3-8)13(14)15-16-11/h2-8H,1H3. The summed E-state index contributed by atoms with van der Waals surface area (Å²) in [7, 11) is 0. The minimum Gasteiger partial charge on any atom is -0.355 e. The molecule has 1 heterocycles. The van der Waals surface area contributed by atoms with Crippen LogP contribution in [0.2, 0.25) is 0 Å². The number of allylic oxidation sites excluding steroid dienone is 2. The third kappa shape index (κ3) is 1.50. The SMILES string of the molecule is CC1C=Cc2ccc3onc(I)c3c2C=C1. The first-order valence-electron chi connectivity index (χ1n) is 5.20. The molecule has 0 fully saturated rings. The van der Waals surface area contributed by atoms with Gasteiger partial charge in [-0.25, -0.2) is 0 Å². The maximum absolute atomic E-state index is 5.27. The van der Waals surface area contributed by atoms with Gasteiger partial charge in [0.05, 0.1) is 5.39 Å². The molecular weight excluding hydrogens is 313 g/mol. The zero-order chi connectivity index (χ0) is 11.1. The molecule has 0 aliphatic heterocycles. The third-order valence-corrected chi connectivity index (χ3v) is 3.55. The van der Waals surface area contributed by atoms with Crippen LogP contribution >= 0.6 is 22.6 Å². The van der Waals surface area contributed by atoms with Gasteiger partial charge in [-0.05, 0) is 45.7 Å². The summed E-state index contributed by atoms with van der Waals surface area (Å²) in [4.78, 5) is 0. The fourth-order valence-corrected chi connectivity index (χ4v) is 2.59. The van der Waals surface area contributed by atoms with Crippen LogP contribution in [0.3, 0.4) is 0 Å². The smallest absolute Gasteiger partial charge is 0.168 e. The molecule has 1 aliphatic rings. The molecule has 0 saturated carbocycles. The Morgan fingerprint density at radius 3 is 2.94 bits per heavy atom. The molecule has 1 aromatic heterocycles. The first-order chi connectivity index (χ1) is 7.75. The van der Waals surface area contributed by atoms with Crippen LogP contribution < -0.4 is 0 Å². The summed E-state index contributed by atoms with van der Waals surface area (Å²) in [6.07, 6.45) is 8.74. The van der Waals surface area contributed by atoms with Gasteiger partial charge in [-0.15, -0.1) is 0 Å². The van der Waals surface area contributed by atoms with E-state index in [1.807, 2.05) is 6.07 Å². The molecule has 3 heteroatoms. The number of hydrogen-bond acceptors (Lipinski definition) is 2. The maximum atomic E-state index is 5.27. The van der Waals surface area contributed by atoms with Gasteiger partial charge in [-0.1, -0.05) is 42.5 Å². The van der Waals surface area contributed by atoms with E-state index in [4.69, 9.17) is 4.52 Å². The van der Waals surface area contributed by atoms with E-state index in [-0.39, 0.29) is 0 Å². The van der Waals surface area contributed by atoms with Gasteiger partial charge < -0.3 is 4.52 Å². The molecule has 1 atom stereocenters. The fraction of sp³-hybridized carbons (Fsp3) is 0.154. The van der Waals surface area contributed by atoms with E-state index in [0.717, 1.165) is 14.7 Å². The number of hydrogen-bond donors (Lipinski definition) is 0. The Hall–Kier alpha value is -1.10. The van der Waals surface area contributed by atoms with Gasteiger partial charge in [0.15, 0.2) is 9.28 Å². The Bertz CT molecular complexity index is 610. The third-order valence-electron chi connectivity index (χ3n) is 2.82. The lowest BCUT2D eigenvalue weighted by atomic mass is 10.0. The van der Waals surface area contributed by atoms with Crippen LogP contribution in [0.15, 0.2) is 28.8 Å². The van der Waals surface area contributed by atoms with Crippen molar-refractivity contribution in [2.24, 2.45) is 5.92 Å². The van der Waals surface area contributed by atoms with E-state index in [1.54, 1.807) is 0 Å². The van der Waals surface area contributed by atoms with Crippen LogP contribution in [0.4, 0.5) is 0 Å². The van der Waals surface area contributed by atoms with Crippen molar-refractivity contribution in [2.45, 2.75) is 6.92 Å². The lowest BCUT2D eigenvalue weighted by Crippen LogP contribution is -1.82. The van der Waals surface area contributed by atoms with Crippen molar-refractivity contribution in [3.05, 3.63) is 39.1 Å². The monoisotopic (exact) mass is 323 g/mol. The zero-order valence-corrected chi connectivity index (χ0v) is 10.9. The minimum atomic E-state index is 0.472. The molecule has 16 heavy (non-hydrogen) atoms. The Morgan fingerprint density at radius 1 is 1.25 bits per heavy atom. The van der Waals surface area contributed by atoms with E-state index in [2.05, 4.69) is 65.0 Å². The Morgan fingerprint density at radius 2 is 2.06 bits per heavy atom. The molecule has 1 unspecified atom stereocenters. The van der Waals surface area contributed by atoms with E-state index >= 15 is 0 Å². The van der Waals surface area contributed by atoms with E-state index in [0.29, 0.717) is 5.92 Å². The molecule has 2 aromatic rings. The molecule has 1 aliphatic carbocycles. The van der Waals surface area contributed by atoms with Crippen LogP contribution in [-0.4, -0.2) is 5.16 Å². The average Bonchev–Trinajstić information content (AvgIpc) is 2.55. The molecular formula is C13H10INO. The van der Waals surface area contributed by atoms with Gasteiger partial charge >= 0.3 is 0 Å². The molecule has 1 aromatic carbocycles. The van der Waals surface area contributed by atoms with Crippen LogP contribution in [0.5, 0.6) is 0 Å². The van der Waals surface area contributed by atoms with Crippen molar-refractivity contribution in [3.8, 4) is 0 Å². The number of halogens is 1. The van der Waals surface area contributed by atoms with Crippen molar-refractivity contribution in [2.75, 3.05) is 0 Å². The summed E-state index contributed by atoms with van der Waals surface area (Å²) in [6, 6.07) is 4.06. The molecule has 0 bridgehead atoms. The van der Waals surface area contributed by atoms with Crippen molar-refractivity contribution < 1.29 is 4.52 Å².